The largest absolute Gasteiger partial charge is 0.511 e. The second-order valence-corrected chi connectivity index (χ2v) is 9.59. The molecule has 5 aromatic rings. The van der Waals surface area contributed by atoms with E-state index in [1.54, 1.807) is 32.0 Å². The maximum Gasteiger partial charge on any atom is 0.511 e. The number of carbonyl (C=O) groups is 2. The van der Waals surface area contributed by atoms with E-state index in [0.29, 0.717) is 36.0 Å². The number of ether oxygens (including phenoxy) is 4. The molecule has 3 aromatic carbocycles. The van der Waals surface area contributed by atoms with E-state index in [0.717, 1.165) is 22.3 Å². The van der Waals surface area contributed by atoms with Crippen molar-refractivity contribution in [2.75, 3.05) is 6.61 Å². The first kappa shape index (κ1) is 28.3. The lowest BCUT2D eigenvalue weighted by Gasteiger charge is -2.16. The van der Waals surface area contributed by atoms with Gasteiger partial charge in [0, 0.05) is 12.5 Å². The molecule has 2 aromatic heterocycles. The molecule has 5 rings (SSSR count). The van der Waals surface area contributed by atoms with Gasteiger partial charge in [0.15, 0.2) is 5.82 Å². The third-order valence-corrected chi connectivity index (χ3v) is 6.20. The van der Waals surface area contributed by atoms with Crippen molar-refractivity contribution in [1.82, 2.24) is 30.2 Å². The van der Waals surface area contributed by atoms with Crippen LogP contribution in [0.25, 0.3) is 33.5 Å². The number of imidazole rings is 1. The van der Waals surface area contributed by atoms with Gasteiger partial charge in [-0.15, -0.1) is 5.10 Å². The lowest BCUT2D eigenvalue weighted by Crippen LogP contribution is -2.24. The fraction of sp³-hybridized carbons (Fsp3) is 0.267. The first-order chi connectivity index (χ1) is 20.3. The Morgan fingerprint density at radius 1 is 0.929 bits per heavy atom. The number of nitrogens with one attached hydrogen (secondary N) is 1. The van der Waals surface area contributed by atoms with Gasteiger partial charge in [-0.05, 0) is 66.1 Å². The highest BCUT2D eigenvalue weighted by Crippen LogP contribution is 2.33. The summed E-state index contributed by atoms with van der Waals surface area (Å²) in [5.74, 6) is -0.173. The van der Waals surface area contributed by atoms with Crippen LogP contribution in [0.2, 0.25) is 0 Å². The lowest BCUT2D eigenvalue weighted by atomic mass is 9.97. The molecule has 12 heteroatoms. The molecule has 1 unspecified atom stereocenters. The molecule has 0 aliphatic rings. The SMILES string of the molecule is CCOc1nc2cccc(C(=O)OC(C)OC(=O)OC(C)C)c2n1Cc1ccc(-c2ccccc2)c(-c2nnn[nH]2)c1. The zero-order chi connectivity index (χ0) is 29.6. The van der Waals surface area contributed by atoms with Gasteiger partial charge in [-0.2, -0.15) is 4.98 Å². The van der Waals surface area contributed by atoms with Crippen LogP contribution in [0.4, 0.5) is 4.79 Å². The zero-order valence-electron chi connectivity index (χ0n) is 23.6. The van der Waals surface area contributed by atoms with Crippen molar-refractivity contribution in [2.24, 2.45) is 0 Å². The van der Waals surface area contributed by atoms with Crippen LogP contribution < -0.4 is 4.74 Å². The van der Waals surface area contributed by atoms with Crippen molar-refractivity contribution >= 4 is 23.2 Å². The van der Waals surface area contributed by atoms with Gasteiger partial charge in [-0.25, -0.2) is 14.7 Å². The molecule has 0 radical (unpaired) electrons. The number of esters is 1. The second-order valence-electron chi connectivity index (χ2n) is 9.59. The van der Waals surface area contributed by atoms with E-state index in [2.05, 4.69) is 25.6 Å². The predicted octanol–water partition coefficient (Wildman–Crippen LogP) is 5.39. The van der Waals surface area contributed by atoms with Gasteiger partial charge < -0.3 is 18.9 Å². The fourth-order valence-corrected chi connectivity index (χ4v) is 4.52. The molecule has 12 nitrogen and oxygen atoms in total. The monoisotopic (exact) mass is 570 g/mol. The van der Waals surface area contributed by atoms with Crippen LogP contribution in [0.3, 0.4) is 0 Å². The number of carbonyl (C=O) groups excluding carboxylic acids is 2. The van der Waals surface area contributed by atoms with Crippen molar-refractivity contribution in [3.05, 3.63) is 77.9 Å². The minimum absolute atomic E-state index is 0.235. The molecule has 0 amide bonds. The first-order valence-corrected chi connectivity index (χ1v) is 13.5. The highest BCUT2D eigenvalue weighted by atomic mass is 16.8. The van der Waals surface area contributed by atoms with Crippen LogP contribution >= 0.6 is 0 Å². The summed E-state index contributed by atoms with van der Waals surface area (Å²) in [6, 6.07) is 21.4. The molecule has 0 fully saturated rings. The number of H-pyrrole nitrogens is 1. The average Bonchev–Trinajstić information content (AvgIpc) is 3.62. The number of hydrogen-bond donors (Lipinski definition) is 1. The van der Waals surface area contributed by atoms with E-state index in [1.807, 2.05) is 60.0 Å². The van der Waals surface area contributed by atoms with Crippen LogP contribution in [0.1, 0.15) is 43.6 Å². The fourth-order valence-electron chi connectivity index (χ4n) is 4.52. The van der Waals surface area contributed by atoms with Gasteiger partial charge in [-0.3, -0.25) is 4.57 Å². The van der Waals surface area contributed by atoms with Crippen LogP contribution in [-0.2, 0) is 20.8 Å². The van der Waals surface area contributed by atoms with Gasteiger partial charge >= 0.3 is 12.1 Å². The number of aromatic amines is 1. The van der Waals surface area contributed by atoms with Crippen LogP contribution in [0.15, 0.2) is 66.7 Å². The van der Waals surface area contributed by atoms with E-state index >= 15 is 0 Å². The Hall–Kier alpha value is -5.26. The van der Waals surface area contributed by atoms with Crippen molar-refractivity contribution in [2.45, 2.75) is 46.6 Å². The summed E-state index contributed by atoms with van der Waals surface area (Å²) in [7, 11) is 0. The summed E-state index contributed by atoms with van der Waals surface area (Å²) >= 11 is 0. The van der Waals surface area contributed by atoms with Crippen molar-refractivity contribution in [3.63, 3.8) is 0 Å². The molecule has 0 aliphatic heterocycles. The Kier molecular flexibility index (Phi) is 8.42. The topological polar surface area (TPSA) is 143 Å². The Morgan fingerprint density at radius 3 is 2.45 bits per heavy atom. The Morgan fingerprint density at radius 2 is 1.74 bits per heavy atom. The van der Waals surface area contributed by atoms with E-state index in [1.165, 1.54) is 6.92 Å². The van der Waals surface area contributed by atoms with Crippen molar-refractivity contribution in [3.8, 4) is 28.5 Å². The molecule has 216 valence electrons. The number of benzene rings is 3. The van der Waals surface area contributed by atoms with Gasteiger partial charge in [0.2, 0.25) is 6.29 Å². The van der Waals surface area contributed by atoms with Gasteiger partial charge in [0.25, 0.3) is 6.01 Å². The highest BCUT2D eigenvalue weighted by Gasteiger charge is 2.24. The van der Waals surface area contributed by atoms with E-state index in [-0.39, 0.29) is 11.7 Å². The van der Waals surface area contributed by atoms with Crippen LogP contribution in [0.5, 0.6) is 6.01 Å². The maximum absolute atomic E-state index is 13.3. The molecule has 0 saturated carbocycles. The second kappa shape index (κ2) is 12.5. The van der Waals surface area contributed by atoms with E-state index < -0.39 is 18.4 Å². The third kappa shape index (κ3) is 6.22. The quantitative estimate of drug-likeness (QED) is 0.171. The number of tetrazole rings is 1. The average molecular weight is 571 g/mol. The van der Waals surface area contributed by atoms with E-state index in [4.69, 9.17) is 18.9 Å². The Balaban J connectivity index is 1.52. The van der Waals surface area contributed by atoms with Crippen molar-refractivity contribution < 1.29 is 28.5 Å². The zero-order valence-corrected chi connectivity index (χ0v) is 23.6. The van der Waals surface area contributed by atoms with E-state index in [9.17, 15) is 9.59 Å². The number of para-hydroxylation sites is 1. The molecule has 1 N–H and O–H groups in total. The number of rotatable bonds is 10. The Bertz CT molecular complexity index is 1680. The van der Waals surface area contributed by atoms with Crippen molar-refractivity contribution in [1.29, 1.82) is 0 Å². The van der Waals surface area contributed by atoms with Gasteiger partial charge in [0.1, 0.15) is 0 Å². The first-order valence-electron chi connectivity index (χ1n) is 13.5. The Labute approximate surface area is 241 Å². The van der Waals surface area contributed by atoms with Crippen LogP contribution in [-0.4, -0.2) is 61.3 Å². The molecule has 1 atom stereocenters. The molecule has 0 spiro atoms. The number of hydrogen-bond acceptors (Lipinski definition) is 10. The molecule has 0 aliphatic carbocycles. The molecule has 0 saturated heterocycles. The third-order valence-electron chi connectivity index (χ3n) is 6.20. The molecular weight excluding hydrogens is 540 g/mol. The lowest BCUT2D eigenvalue weighted by molar-refractivity contribution is -0.0865. The summed E-state index contributed by atoms with van der Waals surface area (Å²) in [4.78, 5) is 29.8. The summed E-state index contributed by atoms with van der Waals surface area (Å²) in [5.41, 5.74) is 4.95. The molecule has 0 bridgehead atoms. The molecular formula is C30H30N6O6. The number of nitrogens with zero attached hydrogens (tertiary/aromatic N) is 5. The minimum Gasteiger partial charge on any atom is -0.465 e. The number of aromatic nitrogens is 6. The summed E-state index contributed by atoms with van der Waals surface area (Å²) in [6.07, 6.45) is -2.47. The van der Waals surface area contributed by atoms with Gasteiger partial charge in [-0.1, -0.05) is 48.5 Å². The standard InChI is InChI=1S/C30H30N6O6/c1-5-39-29-31-25-13-9-12-23(28(37)41-19(4)42-30(38)40-18(2)3)26(25)36(29)17-20-14-15-22(21-10-7-6-8-11-21)24(16-20)27-32-34-35-33-27/h6-16,18-19H,5,17H2,1-4H3,(H,32,33,34,35). The maximum atomic E-state index is 13.3. The predicted molar refractivity (Wildman–Crippen MR) is 153 cm³/mol. The highest BCUT2D eigenvalue weighted by molar-refractivity contribution is 6.02. The minimum atomic E-state index is -1.18. The summed E-state index contributed by atoms with van der Waals surface area (Å²) < 4.78 is 23.1. The smallest absolute Gasteiger partial charge is 0.465 e. The summed E-state index contributed by atoms with van der Waals surface area (Å²) in [5, 5.41) is 14.5. The normalized spacial score (nSPS) is 11.8. The van der Waals surface area contributed by atoms with Gasteiger partial charge in [0.05, 0.1) is 35.9 Å². The number of fused-ring (bicyclic) bond motifs is 1. The molecule has 42 heavy (non-hydrogen) atoms. The molecule has 2 heterocycles. The van der Waals surface area contributed by atoms with Crippen LogP contribution in [0, 0.1) is 0 Å². The summed E-state index contributed by atoms with van der Waals surface area (Å²) in [6.45, 7) is 7.36.